The van der Waals surface area contributed by atoms with Gasteiger partial charge in [-0.25, -0.2) is 0 Å². The van der Waals surface area contributed by atoms with Gasteiger partial charge in [0.1, 0.15) is 0 Å². The maximum atomic E-state index is 5.63. The molecule has 82 valence electrons. The van der Waals surface area contributed by atoms with Crippen LogP contribution in [0.4, 0.5) is 0 Å². The quantitative estimate of drug-likeness (QED) is 0.583. The van der Waals surface area contributed by atoms with Crippen LogP contribution in [0.15, 0.2) is 18.3 Å². The van der Waals surface area contributed by atoms with E-state index in [9.17, 15) is 0 Å². The second-order valence-electron chi connectivity index (χ2n) is 4.57. The monoisotopic (exact) mass is 205 g/mol. The zero-order valence-corrected chi connectivity index (χ0v) is 9.40. The third kappa shape index (κ3) is 2.36. The van der Waals surface area contributed by atoms with E-state index in [4.69, 9.17) is 5.84 Å². The Morgan fingerprint density at radius 2 is 2.20 bits per heavy atom. The maximum absolute atomic E-state index is 5.63. The second-order valence-corrected chi connectivity index (χ2v) is 4.57. The molecule has 3 heteroatoms. The molecule has 0 radical (unpaired) electrons. The van der Waals surface area contributed by atoms with Crippen LogP contribution in [-0.4, -0.2) is 4.98 Å². The van der Waals surface area contributed by atoms with E-state index in [0.717, 1.165) is 11.6 Å². The lowest BCUT2D eigenvalue weighted by Crippen LogP contribution is -2.33. The summed E-state index contributed by atoms with van der Waals surface area (Å²) in [5.41, 5.74) is 5.17. The molecule has 1 aromatic heterocycles. The Bertz CT molecular complexity index is 316. The number of hydrazine groups is 1. The lowest BCUT2D eigenvalue weighted by atomic mass is 9.92. The van der Waals surface area contributed by atoms with Crippen molar-refractivity contribution < 1.29 is 0 Å². The van der Waals surface area contributed by atoms with Crippen LogP contribution < -0.4 is 11.3 Å². The maximum Gasteiger partial charge on any atom is 0.0503 e. The highest BCUT2D eigenvalue weighted by molar-refractivity contribution is 5.18. The van der Waals surface area contributed by atoms with Crippen molar-refractivity contribution >= 4 is 0 Å². The van der Waals surface area contributed by atoms with Crippen molar-refractivity contribution in [1.29, 1.82) is 0 Å². The van der Waals surface area contributed by atoms with Crippen molar-refractivity contribution in [3.8, 4) is 0 Å². The summed E-state index contributed by atoms with van der Waals surface area (Å²) in [6, 6.07) is 4.40. The zero-order valence-electron chi connectivity index (χ0n) is 9.40. The minimum absolute atomic E-state index is 0.241. The van der Waals surface area contributed by atoms with Gasteiger partial charge in [0.15, 0.2) is 0 Å². The Kier molecular flexibility index (Phi) is 3.03. The van der Waals surface area contributed by atoms with Crippen LogP contribution in [0.2, 0.25) is 0 Å². The number of aryl methyl sites for hydroxylation is 1. The molecule has 1 fully saturated rings. The van der Waals surface area contributed by atoms with E-state index in [1.54, 1.807) is 0 Å². The summed E-state index contributed by atoms with van der Waals surface area (Å²) in [6.45, 7) is 4.26. The van der Waals surface area contributed by atoms with Crippen molar-refractivity contribution in [2.45, 2.75) is 32.7 Å². The lowest BCUT2D eigenvalue weighted by molar-refractivity contribution is 0.353. The number of hydrogen-bond acceptors (Lipinski definition) is 3. The molecule has 0 saturated heterocycles. The number of hydrogen-bond donors (Lipinski definition) is 2. The fourth-order valence-corrected chi connectivity index (χ4v) is 2.11. The predicted molar refractivity (Wildman–Crippen MR) is 60.9 cm³/mol. The van der Waals surface area contributed by atoms with Gasteiger partial charge >= 0.3 is 0 Å². The van der Waals surface area contributed by atoms with Crippen LogP contribution in [-0.2, 0) is 0 Å². The molecule has 1 saturated carbocycles. The van der Waals surface area contributed by atoms with Gasteiger partial charge in [-0.1, -0.05) is 13.0 Å². The highest BCUT2D eigenvalue weighted by atomic mass is 15.2. The molecule has 1 aromatic rings. The number of aromatic nitrogens is 1. The van der Waals surface area contributed by atoms with Gasteiger partial charge in [-0.15, -0.1) is 0 Å². The number of nitrogens with two attached hydrogens (primary N) is 1. The molecule has 1 heterocycles. The SMILES string of the molecule is Cc1ccc(C(NN)C(C)C2CC2)cn1. The summed E-state index contributed by atoms with van der Waals surface area (Å²) in [7, 11) is 0. The highest BCUT2D eigenvalue weighted by Crippen LogP contribution is 2.42. The Hall–Kier alpha value is -0.930. The average molecular weight is 205 g/mol. The van der Waals surface area contributed by atoms with Crippen molar-refractivity contribution in [2.24, 2.45) is 17.7 Å². The predicted octanol–water partition coefficient (Wildman–Crippen LogP) is 1.94. The van der Waals surface area contributed by atoms with Gasteiger partial charge in [0, 0.05) is 11.9 Å². The van der Waals surface area contributed by atoms with Crippen molar-refractivity contribution in [3.05, 3.63) is 29.6 Å². The topological polar surface area (TPSA) is 50.9 Å². The normalized spacial score (nSPS) is 19.9. The van der Waals surface area contributed by atoms with Gasteiger partial charge in [-0.2, -0.15) is 0 Å². The second kappa shape index (κ2) is 4.29. The van der Waals surface area contributed by atoms with Crippen LogP contribution >= 0.6 is 0 Å². The van der Waals surface area contributed by atoms with Crippen molar-refractivity contribution in [2.75, 3.05) is 0 Å². The van der Waals surface area contributed by atoms with Gasteiger partial charge in [0.25, 0.3) is 0 Å². The Labute approximate surface area is 91.1 Å². The van der Waals surface area contributed by atoms with Gasteiger partial charge in [0.2, 0.25) is 0 Å². The minimum atomic E-state index is 0.241. The van der Waals surface area contributed by atoms with Crippen LogP contribution in [0.5, 0.6) is 0 Å². The van der Waals surface area contributed by atoms with E-state index >= 15 is 0 Å². The largest absolute Gasteiger partial charge is 0.271 e. The van der Waals surface area contributed by atoms with E-state index in [0.29, 0.717) is 5.92 Å². The molecular formula is C12H19N3. The van der Waals surface area contributed by atoms with E-state index in [1.807, 2.05) is 19.2 Å². The summed E-state index contributed by atoms with van der Waals surface area (Å²) in [5.74, 6) is 7.07. The molecule has 15 heavy (non-hydrogen) atoms. The molecule has 0 aliphatic heterocycles. The number of pyridine rings is 1. The van der Waals surface area contributed by atoms with Crippen LogP contribution in [0, 0.1) is 18.8 Å². The molecule has 1 aliphatic carbocycles. The molecular weight excluding hydrogens is 186 g/mol. The molecule has 3 nitrogen and oxygen atoms in total. The van der Waals surface area contributed by atoms with Crippen LogP contribution in [0.1, 0.15) is 37.1 Å². The fraction of sp³-hybridized carbons (Fsp3) is 0.583. The molecule has 0 aromatic carbocycles. The lowest BCUT2D eigenvalue weighted by Gasteiger charge is -2.23. The van der Waals surface area contributed by atoms with Crippen LogP contribution in [0.25, 0.3) is 0 Å². The van der Waals surface area contributed by atoms with E-state index in [1.165, 1.54) is 18.4 Å². The summed E-state index contributed by atoms with van der Waals surface area (Å²) in [4.78, 5) is 4.31. The molecule has 2 rings (SSSR count). The zero-order chi connectivity index (χ0) is 10.8. The highest BCUT2D eigenvalue weighted by Gasteiger charge is 2.33. The first kappa shape index (κ1) is 10.6. The summed E-state index contributed by atoms with van der Waals surface area (Å²) >= 11 is 0. The third-order valence-electron chi connectivity index (χ3n) is 3.36. The first-order valence-corrected chi connectivity index (χ1v) is 5.61. The van der Waals surface area contributed by atoms with Crippen LogP contribution in [0.3, 0.4) is 0 Å². The van der Waals surface area contributed by atoms with Gasteiger partial charge in [-0.3, -0.25) is 16.3 Å². The van der Waals surface area contributed by atoms with E-state index < -0.39 is 0 Å². The molecule has 2 atom stereocenters. The van der Waals surface area contributed by atoms with E-state index in [2.05, 4.69) is 23.4 Å². The molecule has 0 bridgehead atoms. The summed E-state index contributed by atoms with van der Waals surface area (Å²) in [6.07, 6.45) is 4.62. The summed E-state index contributed by atoms with van der Waals surface area (Å²) < 4.78 is 0. The van der Waals surface area contributed by atoms with Gasteiger partial charge in [0.05, 0.1) is 6.04 Å². The fourth-order valence-electron chi connectivity index (χ4n) is 2.11. The number of rotatable bonds is 4. The molecule has 0 amide bonds. The number of nitrogens with zero attached hydrogens (tertiary/aromatic N) is 1. The minimum Gasteiger partial charge on any atom is -0.271 e. The first-order valence-electron chi connectivity index (χ1n) is 5.61. The van der Waals surface area contributed by atoms with Gasteiger partial charge in [-0.05, 0) is 43.2 Å². The molecule has 1 aliphatic rings. The smallest absolute Gasteiger partial charge is 0.0503 e. The van der Waals surface area contributed by atoms with Crippen molar-refractivity contribution in [3.63, 3.8) is 0 Å². The average Bonchev–Trinajstić information content (AvgIpc) is 3.05. The third-order valence-corrected chi connectivity index (χ3v) is 3.36. The van der Waals surface area contributed by atoms with Crippen molar-refractivity contribution in [1.82, 2.24) is 10.4 Å². The Morgan fingerprint density at radius 1 is 1.47 bits per heavy atom. The first-order chi connectivity index (χ1) is 7.22. The molecule has 2 unspecified atom stereocenters. The Balaban J connectivity index is 2.14. The van der Waals surface area contributed by atoms with E-state index in [-0.39, 0.29) is 6.04 Å². The molecule has 0 spiro atoms. The molecule has 3 N–H and O–H groups in total. The number of nitrogens with one attached hydrogen (secondary N) is 1. The standard InChI is InChI=1S/C12H19N3/c1-8-3-4-11(7-14-8)12(15-13)9(2)10-5-6-10/h3-4,7,9-10,12,15H,5-6,13H2,1-2H3. The van der Waals surface area contributed by atoms with Gasteiger partial charge < -0.3 is 0 Å². The summed E-state index contributed by atoms with van der Waals surface area (Å²) in [5, 5.41) is 0. The Morgan fingerprint density at radius 3 is 2.67 bits per heavy atom.